The van der Waals surface area contributed by atoms with E-state index in [0.717, 1.165) is 0 Å². The molecule has 3 heterocycles. The fourth-order valence-corrected chi connectivity index (χ4v) is 6.82. The van der Waals surface area contributed by atoms with Crippen LogP contribution in [0, 0.1) is 0 Å². The minimum Gasteiger partial charge on any atom is -0.598 e. The van der Waals surface area contributed by atoms with Gasteiger partial charge in [-0.15, -0.1) is 4.72 Å². The van der Waals surface area contributed by atoms with E-state index in [2.05, 4.69) is 14.8 Å². The van der Waals surface area contributed by atoms with Gasteiger partial charge in [0.25, 0.3) is 12.0 Å². The molecule has 16 heteroatoms. The van der Waals surface area contributed by atoms with E-state index in [4.69, 9.17) is 0 Å². The average Bonchev–Trinajstić information content (AvgIpc) is 3.39. The number of benzene rings is 2. The number of alkyl halides is 5. The van der Waals surface area contributed by atoms with Crippen molar-refractivity contribution in [3.05, 3.63) is 82.4 Å². The Hall–Kier alpha value is -3.86. The standard InChI is InChI=1S/C34H39F5N6O4S/c1-32(2,3)50(49)42-26(30(35)36)22-10-12-23(13-11-22)29-27-28(41-43(29)4)31(47)45(20-40-27)19-33(48)14-16-44(17-15-33)25(46)18-24(34(37,38)39)21-8-6-5-7-9-21/h5-13,20,24,26,30,42,48H,14-19H2,1-4H3/t24-,26+,50?/m1/s1. The summed E-state index contributed by atoms with van der Waals surface area (Å²) in [4.78, 5) is 32.2. The van der Waals surface area contributed by atoms with Gasteiger partial charge in [-0.2, -0.15) is 18.3 Å². The molecule has 0 saturated carbocycles. The van der Waals surface area contributed by atoms with Crippen LogP contribution in [-0.2, 0) is 29.7 Å². The maximum Gasteiger partial charge on any atom is 0.396 e. The topological polar surface area (TPSA) is 128 Å². The maximum atomic E-state index is 13.9. The van der Waals surface area contributed by atoms with Crippen LogP contribution in [0.5, 0.6) is 0 Å². The molecule has 2 aromatic carbocycles. The molecular weight excluding hydrogens is 683 g/mol. The van der Waals surface area contributed by atoms with Gasteiger partial charge in [-0.1, -0.05) is 54.6 Å². The molecule has 4 aromatic rings. The Morgan fingerprint density at radius 2 is 1.64 bits per heavy atom. The highest BCUT2D eigenvalue weighted by molar-refractivity contribution is 7.90. The number of fused-ring (bicyclic) bond motifs is 1. The highest BCUT2D eigenvalue weighted by Gasteiger charge is 2.43. The van der Waals surface area contributed by atoms with Gasteiger partial charge in [0.2, 0.25) is 5.91 Å². The number of hydrogen-bond donors (Lipinski definition) is 2. The van der Waals surface area contributed by atoms with Crippen molar-refractivity contribution in [1.29, 1.82) is 0 Å². The molecule has 270 valence electrons. The van der Waals surface area contributed by atoms with Gasteiger partial charge < -0.3 is 14.6 Å². The molecule has 0 radical (unpaired) electrons. The van der Waals surface area contributed by atoms with Crippen LogP contribution in [0.1, 0.15) is 63.1 Å². The largest absolute Gasteiger partial charge is 0.598 e. The number of aromatic nitrogens is 4. The minimum atomic E-state index is -4.61. The van der Waals surface area contributed by atoms with Crippen LogP contribution in [0.15, 0.2) is 65.7 Å². The first-order valence-electron chi connectivity index (χ1n) is 16.0. The highest BCUT2D eigenvalue weighted by atomic mass is 32.2. The molecule has 3 atom stereocenters. The molecule has 1 aliphatic heterocycles. The zero-order chi connectivity index (χ0) is 36.6. The maximum absolute atomic E-state index is 13.9. The van der Waals surface area contributed by atoms with Gasteiger partial charge in [-0.05, 0) is 44.7 Å². The first-order valence-corrected chi connectivity index (χ1v) is 17.1. The Morgan fingerprint density at radius 1 is 1.02 bits per heavy atom. The van der Waals surface area contributed by atoms with E-state index in [9.17, 15) is 41.2 Å². The molecule has 1 amide bonds. The second-order valence-corrected chi connectivity index (χ2v) is 15.6. The summed E-state index contributed by atoms with van der Waals surface area (Å²) in [6.07, 6.45) is -6.86. The number of nitrogens with zero attached hydrogens (tertiary/aromatic N) is 5. The predicted molar refractivity (Wildman–Crippen MR) is 179 cm³/mol. The van der Waals surface area contributed by atoms with Gasteiger partial charge in [0.1, 0.15) is 16.3 Å². The molecule has 50 heavy (non-hydrogen) atoms. The number of carbonyl (C=O) groups excluding carboxylic acids is 1. The Labute approximate surface area is 288 Å². The summed E-state index contributed by atoms with van der Waals surface area (Å²) >= 11 is -1.74. The minimum absolute atomic E-state index is 0.00175. The van der Waals surface area contributed by atoms with E-state index in [1.807, 2.05) is 0 Å². The van der Waals surface area contributed by atoms with Crippen LogP contribution in [0.4, 0.5) is 22.0 Å². The molecule has 2 N–H and O–H groups in total. The van der Waals surface area contributed by atoms with Gasteiger partial charge in [-0.3, -0.25) is 18.8 Å². The van der Waals surface area contributed by atoms with Crippen molar-refractivity contribution in [1.82, 2.24) is 29.0 Å². The number of hydrogen-bond acceptors (Lipinski definition) is 7. The molecule has 1 aliphatic rings. The van der Waals surface area contributed by atoms with Gasteiger partial charge in [0, 0.05) is 43.5 Å². The third-order valence-electron chi connectivity index (χ3n) is 8.88. The fourth-order valence-electron chi connectivity index (χ4n) is 6.00. The van der Waals surface area contributed by atoms with Crippen LogP contribution in [-0.4, -0.2) is 75.8 Å². The average molecular weight is 723 g/mol. The number of rotatable bonds is 10. The molecule has 0 spiro atoms. The van der Waals surface area contributed by atoms with Crippen LogP contribution in [0.3, 0.4) is 0 Å². The van der Waals surface area contributed by atoms with Gasteiger partial charge in [0.05, 0.1) is 30.1 Å². The van der Waals surface area contributed by atoms with E-state index < -0.39 is 64.2 Å². The van der Waals surface area contributed by atoms with Crippen LogP contribution in [0.2, 0.25) is 0 Å². The third kappa shape index (κ3) is 8.19. The molecule has 5 rings (SSSR count). The lowest BCUT2D eigenvalue weighted by Crippen LogP contribution is -2.50. The van der Waals surface area contributed by atoms with Crippen molar-refractivity contribution < 1.29 is 36.4 Å². The number of aliphatic hydroxyl groups is 1. The summed E-state index contributed by atoms with van der Waals surface area (Å²) in [6, 6.07) is 11.9. The lowest BCUT2D eigenvalue weighted by atomic mass is 9.90. The van der Waals surface area contributed by atoms with E-state index >= 15 is 0 Å². The number of nitrogens with one attached hydrogen (secondary N) is 1. The van der Waals surface area contributed by atoms with Crippen molar-refractivity contribution in [3.63, 3.8) is 0 Å². The lowest BCUT2D eigenvalue weighted by molar-refractivity contribution is -0.162. The number of likely N-dealkylation sites (tertiary alicyclic amines) is 1. The summed E-state index contributed by atoms with van der Waals surface area (Å²) in [6.45, 7) is 4.87. The quantitative estimate of drug-likeness (QED) is 0.169. The zero-order valence-corrected chi connectivity index (χ0v) is 28.8. The van der Waals surface area contributed by atoms with Crippen molar-refractivity contribution in [2.24, 2.45) is 7.05 Å². The second-order valence-electron chi connectivity index (χ2n) is 13.6. The molecule has 10 nitrogen and oxygen atoms in total. The Bertz CT molecular complexity index is 1850. The summed E-state index contributed by atoms with van der Waals surface area (Å²) in [5.41, 5.74) is -0.484. The molecule has 1 unspecified atom stereocenters. The van der Waals surface area contributed by atoms with Crippen LogP contribution in [0.25, 0.3) is 22.3 Å². The zero-order valence-electron chi connectivity index (χ0n) is 28.0. The SMILES string of the molecule is Cn1nc2c(=O)n(CC3(O)CCN(C(=O)C[C@H](c4ccccc4)C(F)(F)F)CC3)cnc2c1-c1ccc([C@H](N[S+]([O-])C(C)(C)C)C(F)F)cc1. The molecule has 2 aromatic heterocycles. The van der Waals surface area contributed by atoms with Crippen molar-refractivity contribution in [2.75, 3.05) is 13.1 Å². The van der Waals surface area contributed by atoms with Crippen molar-refractivity contribution in [2.45, 2.75) is 81.5 Å². The fraction of sp³-hybridized carbons (Fsp3) is 0.471. The molecule has 0 bridgehead atoms. The monoisotopic (exact) mass is 722 g/mol. The summed E-state index contributed by atoms with van der Waals surface area (Å²) in [5.74, 6) is -2.63. The Balaban J connectivity index is 1.29. The predicted octanol–water partition coefficient (Wildman–Crippen LogP) is 5.24. The summed E-state index contributed by atoms with van der Waals surface area (Å²) in [7, 11) is 1.60. The summed E-state index contributed by atoms with van der Waals surface area (Å²) in [5, 5.41) is 15.7. The van der Waals surface area contributed by atoms with Crippen LogP contribution >= 0.6 is 0 Å². The normalized spacial score (nSPS) is 17.2. The van der Waals surface area contributed by atoms with Crippen LogP contribution < -0.4 is 10.3 Å². The van der Waals surface area contributed by atoms with E-state index in [-0.39, 0.29) is 54.6 Å². The smallest absolute Gasteiger partial charge is 0.396 e. The number of amides is 1. The molecule has 1 fully saturated rings. The first kappa shape index (κ1) is 37.4. The molecule has 0 aliphatic carbocycles. The number of aryl methyl sites for hydroxylation is 1. The van der Waals surface area contributed by atoms with Crippen molar-refractivity contribution >= 4 is 28.3 Å². The number of piperidine rings is 1. The van der Waals surface area contributed by atoms with Gasteiger partial charge in [-0.25, -0.2) is 13.8 Å². The van der Waals surface area contributed by atoms with E-state index in [1.54, 1.807) is 46.0 Å². The molecular formula is C34H39F5N6O4S. The first-order chi connectivity index (χ1) is 23.4. The van der Waals surface area contributed by atoms with E-state index in [1.165, 1.54) is 56.9 Å². The van der Waals surface area contributed by atoms with Gasteiger partial charge in [0.15, 0.2) is 5.52 Å². The lowest BCUT2D eigenvalue weighted by Gasteiger charge is -2.39. The Kier molecular flexibility index (Phi) is 10.8. The highest BCUT2D eigenvalue weighted by Crippen LogP contribution is 2.38. The second kappa shape index (κ2) is 14.4. The van der Waals surface area contributed by atoms with Crippen molar-refractivity contribution in [3.8, 4) is 11.3 Å². The Morgan fingerprint density at radius 3 is 2.20 bits per heavy atom. The van der Waals surface area contributed by atoms with Gasteiger partial charge >= 0.3 is 6.18 Å². The third-order valence-corrected chi connectivity index (χ3v) is 10.5. The molecule has 1 saturated heterocycles. The van der Waals surface area contributed by atoms with E-state index in [0.29, 0.717) is 11.3 Å². The summed E-state index contributed by atoms with van der Waals surface area (Å²) < 4.78 is 86.2. The number of carbonyl (C=O) groups is 1. The number of halogens is 5.